The Labute approximate surface area is 171 Å². The number of allylic oxidation sites excluding steroid dienone is 3. The lowest BCUT2D eigenvalue weighted by Crippen LogP contribution is -2.17. The molecule has 0 aliphatic carbocycles. The fraction of sp³-hybridized carbons (Fsp3) is 0.333. The maximum absolute atomic E-state index is 5.93. The van der Waals surface area contributed by atoms with E-state index in [0.29, 0.717) is 5.70 Å². The molecule has 0 heterocycles. The van der Waals surface area contributed by atoms with E-state index in [1.807, 2.05) is 0 Å². The van der Waals surface area contributed by atoms with E-state index in [-0.39, 0.29) is 11.3 Å². The number of nitrogens with two attached hydrogens (primary N) is 1. The van der Waals surface area contributed by atoms with Gasteiger partial charge in [0.05, 0.1) is 0 Å². The predicted molar refractivity (Wildman–Crippen MR) is 125 cm³/mol. The average molecular weight is 374 g/mol. The summed E-state index contributed by atoms with van der Waals surface area (Å²) in [4.78, 5) is 0. The maximum atomic E-state index is 5.93. The van der Waals surface area contributed by atoms with Crippen LogP contribution in [0, 0.1) is 26.7 Å². The van der Waals surface area contributed by atoms with E-state index in [0.717, 1.165) is 16.7 Å². The monoisotopic (exact) mass is 373 g/mol. The Balaban J connectivity index is 2.64. The predicted octanol–water partition coefficient (Wildman–Crippen LogP) is 7.11. The summed E-state index contributed by atoms with van der Waals surface area (Å²) in [5, 5.41) is 0. The first-order valence-electron chi connectivity index (χ1n) is 9.95. The molecule has 2 rings (SSSR count). The molecule has 1 atom stereocenters. The fourth-order valence-corrected chi connectivity index (χ4v) is 3.75. The summed E-state index contributed by atoms with van der Waals surface area (Å²) >= 11 is 0. The number of hydrogen-bond acceptors (Lipinski definition) is 1. The van der Waals surface area contributed by atoms with Crippen LogP contribution in [0.15, 0.2) is 61.2 Å². The van der Waals surface area contributed by atoms with E-state index in [1.54, 1.807) is 0 Å². The van der Waals surface area contributed by atoms with Gasteiger partial charge in [0, 0.05) is 17.0 Å². The van der Waals surface area contributed by atoms with Gasteiger partial charge in [0.25, 0.3) is 0 Å². The van der Waals surface area contributed by atoms with Gasteiger partial charge in [-0.1, -0.05) is 93.1 Å². The SMILES string of the molecule is C=C(N)c1ccc(/C(=C/C(C)(C)c2cc(C)cc(C)c2)C(C)C(=C)C)cc1C. The number of benzene rings is 2. The second-order valence-corrected chi connectivity index (χ2v) is 8.82. The molecule has 0 saturated heterocycles. The molecule has 0 spiro atoms. The van der Waals surface area contributed by atoms with Crippen molar-refractivity contribution in [3.63, 3.8) is 0 Å². The van der Waals surface area contributed by atoms with Crippen LogP contribution in [0.1, 0.15) is 61.1 Å². The topological polar surface area (TPSA) is 26.0 Å². The van der Waals surface area contributed by atoms with Crippen LogP contribution in [-0.4, -0.2) is 0 Å². The summed E-state index contributed by atoms with van der Waals surface area (Å²) in [6.45, 7) is 23.4. The smallest absolute Gasteiger partial charge is 0.0317 e. The van der Waals surface area contributed by atoms with Crippen LogP contribution in [0.5, 0.6) is 0 Å². The largest absolute Gasteiger partial charge is 0.399 e. The maximum Gasteiger partial charge on any atom is 0.0317 e. The Kier molecular flexibility index (Phi) is 6.39. The molecule has 0 saturated carbocycles. The molecule has 0 radical (unpaired) electrons. The van der Waals surface area contributed by atoms with Crippen LogP contribution in [0.4, 0.5) is 0 Å². The Morgan fingerprint density at radius 1 is 1.00 bits per heavy atom. The highest BCUT2D eigenvalue weighted by Crippen LogP contribution is 2.36. The Morgan fingerprint density at radius 3 is 2.04 bits per heavy atom. The van der Waals surface area contributed by atoms with Crippen molar-refractivity contribution in [2.45, 2.75) is 53.9 Å². The first-order valence-corrected chi connectivity index (χ1v) is 9.95. The normalized spacial score (nSPS) is 13.3. The van der Waals surface area contributed by atoms with Crippen molar-refractivity contribution < 1.29 is 0 Å². The van der Waals surface area contributed by atoms with Gasteiger partial charge in [0.2, 0.25) is 0 Å². The minimum absolute atomic E-state index is 0.0974. The van der Waals surface area contributed by atoms with Crippen molar-refractivity contribution >= 4 is 11.3 Å². The molecule has 2 aromatic rings. The van der Waals surface area contributed by atoms with Crippen molar-refractivity contribution in [2.24, 2.45) is 11.7 Å². The van der Waals surface area contributed by atoms with E-state index in [9.17, 15) is 0 Å². The molecule has 1 nitrogen and oxygen atoms in total. The highest BCUT2D eigenvalue weighted by atomic mass is 14.6. The van der Waals surface area contributed by atoms with Gasteiger partial charge in [-0.2, -0.15) is 0 Å². The lowest BCUT2D eigenvalue weighted by Gasteiger charge is -2.27. The number of hydrogen-bond donors (Lipinski definition) is 1. The second kappa shape index (κ2) is 8.22. The van der Waals surface area contributed by atoms with Gasteiger partial charge in [-0.15, -0.1) is 0 Å². The van der Waals surface area contributed by atoms with E-state index in [4.69, 9.17) is 5.73 Å². The van der Waals surface area contributed by atoms with Gasteiger partial charge >= 0.3 is 0 Å². The highest BCUT2D eigenvalue weighted by Gasteiger charge is 2.23. The second-order valence-electron chi connectivity index (χ2n) is 8.82. The Bertz CT molecular complexity index is 920. The van der Waals surface area contributed by atoms with Gasteiger partial charge < -0.3 is 5.73 Å². The molecule has 0 amide bonds. The molecule has 0 bridgehead atoms. The lowest BCUT2D eigenvalue weighted by molar-refractivity contribution is 0.664. The van der Waals surface area contributed by atoms with Crippen molar-refractivity contribution in [2.75, 3.05) is 0 Å². The average Bonchev–Trinajstić information content (AvgIpc) is 2.57. The van der Waals surface area contributed by atoms with Gasteiger partial charge in [-0.25, -0.2) is 0 Å². The number of aryl methyl sites for hydroxylation is 3. The zero-order valence-corrected chi connectivity index (χ0v) is 18.6. The van der Waals surface area contributed by atoms with Crippen LogP contribution < -0.4 is 5.73 Å². The molecular weight excluding hydrogens is 338 g/mol. The summed E-state index contributed by atoms with van der Waals surface area (Å²) < 4.78 is 0. The molecule has 1 unspecified atom stereocenters. The van der Waals surface area contributed by atoms with E-state index < -0.39 is 0 Å². The number of rotatable bonds is 6. The molecule has 0 aliphatic rings. The molecule has 0 fully saturated rings. The Hall–Kier alpha value is -2.54. The fourth-order valence-electron chi connectivity index (χ4n) is 3.75. The van der Waals surface area contributed by atoms with Crippen molar-refractivity contribution in [3.8, 4) is 0 Å². The lowest BCUT2D eigenvalue weighted by atomic mass is 9.77. The summed E-state index contributed by atoms with van der Waals surface area (Å²) in [5.74, 6) is 0.261. The zero-order valence-electron chi connectivity index (χ0n) is 18.6. The first-order chi connectivity index (χ1) is 12.9. The highest BCUT2D eigenvalue weighted by molar-refractivity contribution is 5.74. The zero-order chi connectivity index (χ0) is 21.2. The van der Waals surface area contributed by atoms with Crippen LogP contribution in [0.3, 0.4) is 0 Å². The van der Waals surface area contributed by atoms with E-state index in [1.165, 1.54) is 27.8 Å². The van der Waals surface area contributed by atoms with Crippen LogP contribution in [-0.2, 0) is 5.41 Å². The minimum atomic E-state index is -0.0974. The van der Waals surface area contributed by atoms with E-state index >= 15 is 0 Å². The van der Waals surface area contributed by atoms with Gasteiger partial charge in [-0.3, -0.25) is 0 Å². The first kappa shape index (κ1) is 21.8. The van der Waals surface area contributed by atoms with Gasteiger partial charge in [0.1, 0.15) is 0 Å². The van der Waals surface area contributed by atoms with Crippen molar-refractivity contribution in [3.05, 3.63) is 94.6 Å². The summed E-state index contributed by atoms with van der Waals surface area (Å²) in [6.07, 6.45) is 2.41. The summed E-state index contributed by atoms with van der Waals surface area (Å²) in [5.41, 5.74) is 16.2. The van der Waals surface area contributed by atoms with Crippen molar-refractivity contribution in [1.29, 1.82) is 0 Å². The Morgan fingerprint density at radius 2 is 1.57 bits per heavy atom. The third kappa shape index (κ3) is 4.84. The quantitative estimate of drug-likeness (QED) is 0.536. The molecule has 1 heteroatoms. The third-order valence-corrected chi connectivity index (χ3v) is 5.59. The minimum Gasteiger partial charge on any atom is -0.399 e. The molecular formula is C27H35N. The van der Waals surface area contributed by atoms with Crippen LogP contribution in [0.25, 0.3) is 11.3 Å². The third-order valence-electron chi connectivity index (χ3n) is 5.59. The molecule has 28 heavy (non-hydrogen) atoms. The van der Waals surface area contributed by atoms with Gasteiger partial charge in [-0.05, 0) is 55.5 Å². The molecule has 148 valence electrons. The van der Waals surface area contributed by atoms with Gasteiger partial charge in [0.15, 0.2) is 0 Å². The molecule has 0 aliphatic heterocycles. The summed E-state index contributed by atoms with van der Waals surface area (Å²) in [7, 11) is 0. The molecule has 2 aromatic carbocycles. The van der Waals surface area contributed by atoms with Crippen LogP contribution >= 0.6 is 0 Å². The van der Waals surface area contributed by atoms with Crippen LogP contribution in [0.2, 0.25) is 0 Å². The molecule has 2 N–H and O–H groups in total. The molecule has 0 aromatic heterocycles. The summed E-state index contributed by atoms with van der Waals surface area (Å²) in [6, 6.07) is 13.3. The van der Waals surface area contributed by atoms with E-state index in [2.05, 4.69) is 104 Å². The standard InChI is InChI=1S/C27H35N/c1-17(2)21(6)26(23-10-11-25(22(7)28)20(5)15-23)16-27(8,9)24-13-18(3)12-19(4)14-24/h10-16,21H,1,7,28H2,2-6,8-9H3/b26-16+. The van der Waals surface area contributed by atoms with Crippen molar-refractivity contribution in [1.82, 2.24) is 0 Å².